The molecule has 1 aromatic heterocycles. The molecule has 0 radical (unpaired) electrons. The number of carbonyl (C=O) groups is 3. The molecule has 52 heavy (non-hydrogen) atoms. The molecule has 0 bridgehead atoms. The first kappa shape index (κ1) is 35.1. The minimum atomic E-state index is -1.20. The number of nitrogens with zero attached hydrogens (tertiary/aromatic N) is 3. The number of aliphatic carboxylic acids is 1. The molecule has 6 aromatic rings. The number of hydrogen-bond acceptors (Lipinski definition) is 7. The summed E-state index contributed by atoms with van der Waals surface area (Å²) < 4.78 is 39.0. The van der Waals surface area contributed by atoms with Gasteiger partial charge in [0.15, 0.2) is 11.6 Å². The van der Waals surface area contributed by atoms with Gasteiger partial charge in [-0.1, -0.05) is 71.4 Å². The summed E-state index contributed by atoms with van der Waals surface area (Å²) >= 11 is 0. The van der Waals surface area contributed by atoms with E-state index in [0.29, 0.717) is 22.8 Å². The highest BCUT2D eigenvalue weighted by molar-refractivity contribution is 5.97. The fourth-order valence-corrected chi connectivity index (χ4v) is 5.49. The Bertz CT molecular complexity index is 2220. The molecule has 0 saturated heterocycles. The van der Waals surface area contributed by atoms with Crippen molar-refractivity contribution in [3.63, 3.8) is 0 Å². The van der Waals surface area contributed by atoms with Gasteiger partial charge in [-0.15, -0.1) is 0 Å². The lowest BCUT2D eigenvalue weighted by Gasteiger charge is -2.21. The molecule has 0 saturated carbocycles. The largest absolute Gasteiger partial charge is 0.494 e. The van der Waals surface area contributed by atoms with Gasteiger partial charge in [0.25, 0.3) is 11.8 Å². The van der Waals surface area contributed by atoms with Crippen LogP contribution >= 0.6 is 0 Å². The van der Waals surface area contributed by atoms with Gasteiger partial charge in [0, 0.05) is 34.5 Å². The van der Waals surface area contributed by atoms with Crippen molar-refractivity contribution in [2.45, 2.75) is 19.9 Å². The summed E-state index contributed by atoms with van der Waals surface area (Å²) in [6, 6.07) is 31.0. The van der Waals surface area contributed by atoms with E-state index < -0.39 is 47.9 Å². The number of methoxy groups -OCH3 is 1. The number of benzene rings is 5. The minimum Gasteiger partial charge on any atom is -0.494 e. The Kier molecular flexibility index (Phi) is 10.5. The molecule has 0 aliphatic carbocycles. The van der Waals surface area contributed by atoms with Crippen LogP contribution in [-0.2, 0) is 22.6 Å². The highest BCUT2D eigenvalue weighted by atomic mass is 19.1. The van der Waals surface area contributed by atoms with Crippen molar-refractivity contribution in [3.8, 4) is 39.7 Å². The van der Waals surface area contributed by atoms with Crippen LogP contribution in [0.3, 0.4) is 0 Å². The van der Waals surface area contributed by atoms with Crippen LogP contribution in [0.2, 0.25) is 0 Å². The molecule has 2 N–H and O–H groups in total. The average molecular weight is 703 g/mol. The van der Waals surface area contributed by atoms with Gasteiger partial charge in [0.1, 0.15) is 12.4 Å². The molecule has 12 heteroatoms. The maximum Gasteiger partial charge on any atom is 0.323 e. The van der Waals surface area contributed by atoms with Crippen LogP contribution in [-0.4, -0.2) is 51.6 Å². The third-order valence-corrected chi connectivity index (χ3v) is 8.27. The topological polar surface area (TPSA) is 135 Å². The number of amides is 2. The van der Waals surface area contributed by atoms with Gasteiger partial charge in [-0.2, -0.15) is 4.98 Å². The van der Waals surface area contributed by atoms with E-state index in [1.54, 1.807) is 24.3 Å². The monoisotopic (exact) mass is 702 g/mol. The van der Waals surface area contributed by atoms with E-state index in [1.807, 2.05) is 31.2 Å². The second kappa shape index (κ2) is 15.5. The van der Waals surface area contributed by atoms with Crippen LogP contribution in [0.1, 0.15) is 27.0 Å². The molecule has 10 nitrogen and oxygen atoms in total. The third kappa shape index (κ3) is 8.19. The summed E-state index contributed by atoms with van der Waals surface area (Å²) in [5, 5.41) is 16.2. The van der Waals surface area contributed by atoms with Gasteiger partial charge in [-0.25, -0.2) is 8.78 Å². The number of carboxylic acid groups (broad SMARTS) is 1. The van der Waals surface area contributed by atoms with E-state index in [0.717, 1.165) is 28.8 Å². The van der Waals surface area contributed by atoms with Gasteiger partial charge >= 0.3 is 5.97 Å². The zero-order valence-corrected chi connectivity index (χ0v) is 28.1. The lowest BCUT2D eigenvalue weighted by Crippen LogP contribution is -2.35. The Hall–Kier alpha value is -6.69. The smallest absolute Gasteiger partial charge is 0.323 e. The molecule has 0 spiro atoms. The van der Waals surface area contributed by atoms with Gasteiger partial charge < -0.3 is 24.6 Å². The maximum absolute atomic E-state index is 14.5. The fraction of sp³-hybridized carbons (Fsp3) is 0.125. The number of halogens is 2. The lowest BCUT2D eigenvalue weighted by molar-refractivity contribution is -0.137. The molecule has 0 atom stereocenters. The number of aromatic nitrogens is 2. The highest BCUT2D eigenvalue weighted by Crippen LogP contribution is 2.27. The first-order valence-corrected chi connectivity index (χ1v) is 16.1. The predicted octanol–water partition coefficient (Wildman–Crippen LogP) is 7.57. The quantitative estimate of drug-likeness (QED) is 0.133. The lowest BCUT2D eigenvalue weighted by atomic mass is 10.0. The number of rotatable bonds is 12. The first-order valence-electron chi connectivity index (χ1n) is 16.1. The molecule has 5 aromatic carbocycles. The van der Waals surface area contributed by atoms with E-state index in [9.17, 15) is 28.3 Å². The zero-order valence-electron chi connectivity index (χ0n) is 28.1. The van der Waals surface area contributed by atoms with Crippen molar-refractivity contribution >= 4 is 23.5 Å². The molecule has 0 aliphatic rings. The van der Waals surface area contributed by atoms with Crippen molar-refractivity contribution in [3.05, 3.63) is 143 Å². The van der Waals surface area contributed by atoms with Crippen LogP contribution in [0.15, 0.2) is 114 Å². The second-order valence-electron chi connectivity index (χ2n) is 12.0. The Labute approximate surface area is 297 Å². The van der Waals surface area contributed by atoms with E-state index in [2.05, 4.69) is 39.7 Å². The first-order chi connectivity index (χ1) is 25.1. The number of nitrogens with one attached hydrogen (secondary N) is 1. The summed E-state index contributed by atoms with van der Waals surface area (Å²) in [5.41, 5.74) is 5.46. The molecule has 0 fully saturated rings. The van der Waals surface area contributed by atoms with Crippen molar-refractivity contribution in [1.82, 2.24) is 15.0 Å². The molecular formula is C40H32F2N4O6. The van der Waals surface area contributed by atoms with E-state index in [-0.39, 0.29) is 23.5 Å². The summed E-state index contributed by atoms with van der Waals surface area (Å²) in [5.74, 6) is -3.75. The van der Waals surface area contributed by atoms with Crippen LogP contribution in [0, 0.1) is 18.6 Å². The van der Waals surface area contributed by atoms with E-state index in [1.165, 1.54) is 41.8 Å². The summed E-state index contributed by atoms with van der Waals surface area (Å²) in [7, 11) is 1.23. The van der Waals surface area contributed by atoms with Crippen LogP contribution in [0.5, 0.6) is 5.75 Å². The van der Waals surface area contributed by atoms with E-state index >= 15 is 0 Å². The highest BCUT2D eigenvalue weighted by Gasteiger charge is 2.21. The Balaban J connectivity index is 1.09. The second-order valence-corrected chi connectivity index (χ2v) is 12.0. The van der Waals surface area contributed by atoms with Crippen LogP contribution in [0.4, 0.5) is 14.5 Å². The normalized spacial score (nSPS) is 10.8. The zero-order chi connectivity index (χ0) is 36.8. The molecule has 0 unspecified atom stereocenters. The predicted molar refractivity (Wildman–Crippen MR) is 189 cm³/mol. The molecule has 2 amide bonds. The van der Waals surface area contributed by atoms with Gasteiger partial charge in [-0.05, 0) is 72.1 Å². The van der Waals surface area contributed by atoms with Crippen molar-refractivity contribution in [2.24, 2.45) is 0 Å². The van der Waals surface area contributed by atoms with Crippen molar-refractivity contribution in [1.29, 1.82) is 0 Å². The number of anilines is 1. The van der Waals surface area contributed by atoms with Gasteiger partial charge in [0.05, 0.1) is 13.5 Å². The Morgan fingerprint density at radius 3 is 2.06 bits per heavy atom. The molecule has 6 rings (SSSR count). The van der Waals surface area contributed by atoms with Crippen LogP contribution in [0.25, 0.3) is 34.0 Å². The Morgan fingerprint density at radius 1 is 0.808 bits per heavy atom. The summed E-state index contributed by atoms with van der Waals surface area (Å²) in [6.07, 6.45) is -0.586. The standard InChI is InChI=1S/C40H32F2N4O6/c1-24-3-7-26(8-4-24)27-11-13-29(14-12-27)39-44-38(45-52-39)28-9-5-25(6-10-28)22-46(23-36(48)49)40(50)30-15-17-31(18-16-30)43-35(47)21-32-33(41)19-20-34(51-2)37(32)42/h3-20H,21-23H2,1-2H3,(H,43,47)(H,48,49). The van der Waals surface area contributed by atoms with Gasteiger partial charge in [0.2, 0.25) is 11.7 Å². The minimum absolute atomic E-state index is 0.00755. The van der Waals surface area contributed by atoms with Crippen LogP contribution < -0.4 is 10.1 Å². The SMILES string of the molecule is COc1ccc(F)c(CC(=O)Nc2ccc(C(=O)N(CC(=O)O)Cc3ccc(-c4noc(-c5ccc(-c6ccc(C)cc6)cc5)n4)cc3)cc2)c1F. The number of carbonyl (C=O) groups excluding carboxylic acids is 2. The number of ether oxygens (including phenoxy) is 1. The number of carboxylic acids is 1. The third-order valence-electron chi connectivity index (χ3n) is 8.27. The summed E-state index contributed by atoms with van der Waals surface area (Å²) in [4.78, 5) is 43.3. The average Bonchev–Trinajstić information content (AvgIpc) is 3.64. The van der Waals surface area contributed by atoms with Crippen molar-refractivity contribution < 1.29 is 37.5 Å². The molecule has 0 aliphatic heterocycles. The summed E-state index contributed by atoms with van der Waals surface area (Å²) in [6.45, 7) is 1.47. The van der Waals surface area contributed by atoms with Gasteiger partial charge in [-0.3, -0.25) is 14.4 Å². The number of hydrogen-bond donors (Lipinski definition) is 2. The fourth-order valence-electron chi connectivity index (χ4n) is 5.49. The Morgan fingerprint density at radius 2 is 1.42 bits per heavy atom. The molecular weight excluding hydrogens is 670 g/mol. The molecule has 262 valence electrons. The maximum atomic E-state index is 14.5. The van der Waals surface area contributed by atoms with Crippen molar-refractivity contribution in [2.75, 3.05) is 19.0 Å². The number of aryl methyl sites for hydroxylation is 1. The van der Waals surface area contributed by atoms with E-state index in [4.69, 9.17) is 9.26 Å². The molecule has 1 heterocycles.